The van der Waals surface area contributed by atoms with Gasteiger partial charge in [0, 0.05) is 10.4 Å². The van der Waals surface area contributed by atoms with E-state index < -0.39 is 0 Å². The Morgan fingerprint density at radius 1 is 1.20 bits per heavy atom. The highest BCUT2D eigenvalue weighted by Gasteiger charge is 2.11. The van der Waals surface area contributed by atoms with Crippen molar-refractivity contribution in [2.24, 2.45) is 0 Å². The first-order chi connectivity index (χ1) is 7.24. The Kier molecular flexibility index (Phi) is 2.60. The van der Waals surface area contributed by atoms with Crippen LogP contribution in [0, 0.1) is 0 Å². The number of methoxy groups -OCH3 is 1. The number of fused-ring (bicyclic) bond motifs is 1. The van der Waals surface area contributed by atoms with E-state index in [4.69, 9.17) is 16.3 Å². The number of hydrogen-bond donors (Lipinski definition) is 0. The van der Waals surface area contributed by atoms with Crippen molar-refractivity contribution in [1.29, 1.82) is 0 Å². The van der Waals surface area contributed by atoms with Gasteiger partial charge in [0.15, 0.2) is 0 Å². The summed E-state index contributed by atoms with van der Waals surface area (Å²) in [5.74, 6) is -0.367. The highest BCUT2D eigenvalue weighted by molar-refractivity contribution is 6.36. The van der Waals surface area contributed by atoms with E-state index in [-0.39, 0.29) is 5.97 Å². The quantitative estimate of drug-likeness (QED) is 0.690. The Bertz CT molecular complexity index is 515. The Hall–Kier alpha value is -1.54. The molecule has 15 heavy (non-hydrogen) atoms. The lowest BCUT2D eigenvalue weighted by atomic mass is 10.0. The van der Waals surface area contributed by atoms with Crippen LogP contribution >= 0.6 is 11.6 Å². The summed E-state index contributed by atoms with van der Waals surface area (Å²) in [7, 11) is 1.36. The minimum absolute atomic E-state index is 0.367. The molecule has 0 unspecified atom stereocenters. The maximum Gasteiger partial charge on any atom is 0.338 e. The molecular weight excluding hydrogens is 212 g/mol. The molecule has 2 rings (SSSR count). The van der Waals surface area contributed by atoms with E-state index >= 15 is 0 Å². The lowest BCUT2D eigenvalue weighted by Crippen LogP contribution is -2.01. The highest BCUT2D eigenvalue weighted by atomic mass is 35.5. The summed E-state index contributed by atoms with van der Waals surface area (Å²) in [5, 5.41) is 2.24. The predicted molar refractivity (Wildman–Crippen MR) is 60.3 cm³/mol. The largest absolute Gasteiger partial charge is 0.465 e. The highest BCUT2D eigenvalue weighted by Crippen LogP contribution is 2.27. The average Bonchev–Trinajstić information content (AvgIpc) is 2.28. The van der Waals surface area contributed by atoms with Crippen LogP contribution in [0.15, 0.2) is 36.4 Å². The van der Waals surface area contributed by atoms with E-state index in [1.54, 1.807) is 12.1 Å². The minimum Gasteiger partial charge on any atom is -0.465 e. The molecule has 2 aromatic rings. The van der Waals surface area contributed by atoms with Crippen molar-refractivity contribution in [3.63, 3.8) is 0 Å². The molecule has 0 amide bonds. The van der Waals surface area contributed by atoms with Crippen molar-refractivity contribution in [3.8, 4) is 0 Å². The van der Waals surface area contributed by atoms with Crippen molar-refractivity contribution in [3.05, 3.63) is 47.0 Å². The van der Waals surface area contributed by atoms with E-state index in [0.717, 1.165) is 10.8 Å². The molecule has 0 aliphatic carbocycles. The number of carbonyl (C=O) groups excluding carboxylic acids is 1. The lowest BCUT2D eigenvalue weighted by Gasteiger charge is -2.05. The fourth-order valence-corrected chi connectivity index (χ4v) is 1.86. The topological polar surface area (TPSA) is 26.3 Å². The third-order valence-electron chi connectivity index (χ3n) is 2.26. The molecule has 0 saturated heterocycles. The van der Waals surface area contributed by atoms with Crippen LogP contribution in [0.25, 0.3) is 10.8 Å². The molecule has 0 spiro atoms. The minimum atomic E-state index is -0.367. The van der Waals surface area contributed by atoms with Crippen LogP contribution in [0.4, 0.5) is 0 Å². The fraction of sp³-hybridized carbons (Fsp3) is 0.0833. The number of ether oxygens (including phenoxy) is 1. The van der Waals surface area contributed by atoms with Gasteiger partial charge in [-0.25, -0.2) is 4.79 Å². The molecule has 0 aromatic heterocycles. The first-order valence-corrected chi connectivity index (χ1v) is 4.87. The van der Waals surface area contributed by atoms with Gasteiger partial charge in [0.1, 0.15) is 0 Å². The summed E-state index contributed by atoms with van der Waals surface area (Å²) >= 11 is 6.06. The summed E-state index contributed by atoms with van der Waals surface area (Å²) in [6.45, 7) is 0. The summed E-state index contributed by atoms with van der Waals surface area (Å²) in [6.07, 6.45) is 0. The smallest absolute Gasteiger partial charge is 0.338 e. The predicted octanol–water partition coefficient (Wildman–Crippen LogP) is 3.28. The number of halogens is 1. The fourth-order valence-electron chi connectivity index (χ4n) is 1.58. The van der Waals surface area contributed by atoms with Gasteiger partial charge in [0.2, 0.25) is 0 Å². The number of benzene rings is 2. The van der Waals surface area contributed by atoms with E-state index in [9.17, 15) is 4.79 Å². The molecule has 0 aliphatic rings. The van der Waals surface area contributed by atoms with Crippen LogP contribution in [0.2, 0.25) is 5.02 Å². The number of carbonyl (C=O) groups is 1. The van der Waals surface area contributed by atoms with E-state index in [1.165, 1.54) is 7.11 Å². The second-order valence-corrected chi connectivity index (χ2v) is 3.54. The SMILES string of the molecule is COC(=O)c1cccc2cccc(Cl)c12. The molecule has 0 bridgehead atoms. The molecule has 0 aliphatic heterocycles. The zero-order valence-corrected chi connectivity index (χ0v) is 8.91. The van der Waals surface area contributed by atoms with Gasteiger partial charge in [-0.1, -0.05) is 35.9 Å². The molecule has 0 fully saturated rings. The number of rotatable bonds is 1. The summed E-state index contributed by atoms with van der Waals surface area (Å²) in [5.41, 5.74) is 0.501. The van der Waals surface area contributed by atoms with Gasteiger partial charge in [-0.15, -0.1) is 0 Å². The standard InChI is InChI=1S/C12H9ClO2/c1-15-12(14)9-6-2-4-8-5-3-7-10(13)11(8)9/h2-7H,1H3. The van der Waals surface area contributed by atoms with Crippen molar-refractivity contribution in [2.45, 2.75) is 0 Å². The Morgan fingerprint density at radius 2 is 1.87 bits per heavy atom. The second-order valence-electron chi connectivity index (χ2n) is 3.14. The van der Waals surface area contributed by atoms with Crippen LogP contribution in [-0.4, -0.2) is 13.1 Å². The van der Waals surface area contributed by atoms with Gasteiger partial charge in [-0.2, -0.15) is 0 Å². The maximum absolute atomic E-state index is 11.5. The van der Waals surface area contributed by atoms with Crippen LogP contribution < -0.4 is 0 Å². The van der Waals surface area contributed by atoms with E-state index in [0.29, 0.717) is 10.6 Å². The number of esters is 1. The van der Waals surface area contributed by atoms with E-state index in [1.807, 2.05) is 24.3 Å². The zero-order chi connectivity index (χ0) is 10.8. The molecule has 2 aromatic carbocycles. The van der Waals surface area contributed by atoms with Gasteiger partial charge in [0.05, 0.1) is 12.7 Å². The van der Waals surface area contributed by atoms with Crippen molar-refractivity contribution in [2.75, 3.05) is 7.11 Å². The van der Waals surface area contributed by atoms with Gasteiger partial charge in [0.25, 0.3) is 0 Å². The molecule has 2 nitrogen and oxygen atoms in total. The molecule has 0 atom stereocenters. The molecule has 0 saturated carbocycles. The normalized spacial score (nSPS) is 10.3. The van der Waals surface area contributed by atoms with Gasteiger partial charge < -0.3 is 4.74 Å². The average molecular weight is 221 g/mol. The Labute approximate surface area is 92.4 Å². The molecular formula is C12H9ClO2. The Balaban J connectivity index is 2.80. The summed E-state index contributed by atoms with van der Waals surface area (Å²) < 4.78 is 4.70. The van der Waals surface area contributed by atoms with Crippen LogP contribution in [0.1, 0.15) is 10.4 Å². The van der Waals surface area contributed by atoms with Crippen molar-refractivity contribution in [1.82, 2.24) is 0 Å². The van der Waals surface area contributed by atoms with Crippen LogP contribution in [0.5, 0.6) is 0 Å². The van der Waals surface area contributed by atoms with Gasteiger partial charge >= 0.3 is 5.97 Å². The monoisotopic (exact) mass is 220 g/mol. The second kappa shape index (κ2) is 3.91. The molecule has 76 valence electrons. The summed E-state index contributed by atoms with van der Waals surface area (Å²) in [4.78, 5) is 11.5. The van der Waals surface area contributed by atoms with Gasteiger partial charge in [-0.3, -0.25) is 0 Å². The number of hydrogen-bond acceptors (Lipinski definition) is 2. The zero-order valence-electron chi connectivity index (χ0n) is 8.16. The Morgan fingerprint density at radius 3 is 2.53 bits per heavy atom. The molecule has 3 heteroatoms. The molecule has 0 heterocycles. The first-order valence-electron chi connectivity index (χ1n) is 4.49. The summed E-state index contributed by atoms with van der Waals surface area (Å²) in [6, 6.07) is 11.0. The van der Waals surface area contributed by atoms with Crippen LogP contribution in [-0.2, 0) is 4.74 Å². The maximum atomic E-state index is 11.5. The van der Waals surface area contributed by atoms with Crippen molar-refractivity contribution >= 4 is 28.3 Å². The lowest BCUT2D eigenvalue weighted by molar-refractivity contribution is 0.0603. The molecule has 0 N–H and O–H groups in total. The van der Waals surface area contributed by atoms with Crippen LogP contribution in [0.3, 0.4) is 0 Å². The van der Waals surface area contributed by atoms with Gasteiger partial charge in [-0.05, 0) is 17.5 Å². The molecule has 0 radical (unpaired) electrons. The van der Waals surface area contributed by atoms with E-state index in [2.05, 4.69) is 0 Å². The first kappa shape index (κ1) is 9.99. The third-order valence-corrected chi connectivity index (χ3v) is 2.57. The third kappa shape index (κ3) is 1.68. The van der Waals surface area contributed by atoms with Crippen molar-refractivity contribution < 1.29 is 9.53 Å².